The zero-order chi connectivity index (χ0) is 6.85. The molecule has 0 bridgehead atoms. The average molecular weight is 163 g/mol. The lowest BCUT2D eigenvalue weighted by atomic mass is 10.9. The van der Waals surface area contributed by atoms with Gasteiger partial charge in [0.25, 0.3) is 0 Å². The third-order valence-corrected chi connectivity index (χ3v) is 2.18. The lowest BCUT2D eigenvalue weighted by Gasteiger charge is -2.04. The SMILES string of the molecule is CN(C)c1nc(Cl)cs1. The van der Waals surface area contributed by atoms with Crippen molar-refractivity contribution in [2.45, 2.75) is 0 Å². The molecule has 1 rings (SSSR count). The van der Waals surface area contributed by atoms with Crippen molar-refractivity contribution in [3.63, 3.8) is 0 Å². The topological polar surface area (TPSA) is 16.1 Å². The molecule has 0 aliphatic rings. The van der Waals surface area contributed by atoms with Gasteiger partial charge in [0.1, 0.15) is 5.15 Å². The van der Waals surface area contributed by atoms with Crippen LogP contribution in [0.1, 0.15) is 0 Å². The Kier molecular flexibility index (Phi) is 1.93. The van der Waals surface area contributed by atoms with E-state index in [1.807, 2.05) is 24.4 Å². The molecule has 0 unspecified atom stereocenters. The van der Waals surface area contributed by atoms with Gasteiger partial charge in [0.2, 0.25) is 0 Å². The largest absolute Gasteiger partial charge is 0.354 e. The zero-order valence-electron chi connectivity index (χ0n) is 5.26. The van der Waals surface area contributed by atoms with Gasteiger partial charge in [-0.3, -0.25) is 0 Å². The van der Waals surface area contributed by atoms with Gasteiger partial charge in [-0.1, -0.05) is 11.6 Å². The molecule has 50 valence electrons. The highest BCUT2D eigenvalue weighted by atomic mass is 35.5. The summed E-state index contributed by atoms with van der Waals surface area (Å²) in [4.78, 5) is 5.95. The van der Waals surface area contributed by atoms with E-state index in [1.165, 1.54) is 0 Å². The smallest absolute Gasteiger partial charge is 0.186 e. The minimum absolute atomic E-state index is 0.573. The fourth-order valence-electron chi connectivity index (χ4n) is 0.451. The Bertz CT molecular complexity index is 197. The van der Waals surface area contributed by atoms with Crippen molar-refractivity contribution in [2.24, 2.45) is 0 Å². The van der Waals surface area contributed by atoms with E-state index in [2.05, 4.69) is 4.98 Å². The first-order valence-electron chi connectivity index (χ1n) is 2.48. The Labute approximate surface area is 63.1 Å². The van der Waals surface area contributed by atoms with E-state index >= 15 is 0 Å². The molecule has 0 saturated carbocycles. The molecule has 0 aromatic carbocycles. The minimum atomic E-state index is 0.573. The molecular formula is C5H7ClN2S. The number of nitrogens with zero attached hydrogens (tertiary/aromatic N) is 2. The van der Waals surface area contributed by atoms with Crippen molar-refractivity contribution < 1.29 is 0 Å². The summed E-state index contributed by atoms with van der Waals surface area (Å²) >= 11 is 7.12. The maximum Gasteiger partial charge on any atom is 0.186 e. The van der Waals surface area contributed by atoms with Gasteiger partial charge < -0.3 is 4.90 Å². The summed E-state index contributed by atoms with van der Waals surface area (Å²) in [6.07, 6.45) is 0. The molecule has 0 spiro atoms. The van der Waals surface area contributed by atoms with Crippen molar-refractivity contribution in [2.75, 3.05) is 19.0 Å². The molecule has 4 heteroatoms. The second-order valence-corrected chi connectivity index (χ2v) is 3.07. The van der Waals surface area contributed by atoms with Gasteiger partial charge in [0.15, 0.2) is 5.13 Å². The van der Waals surface area contributed by atoms with Crippen LogP contribution in [-0.2, 0) is 0 Å². The predicted molar refractivity (Wildman–Crippen MR) is 41.5 cm³/mol. The van der Waals surface area contributed by atoms with Crippen molar-refractivity contribution in [3.8, 4) is 0 Å². The van der Waals surface area contributed by atoms with Gasteiger partial charge in [0, 0.05) is 19.5 Å². The van der Waals surface area contributed by atoms with Gasteiger partial charge in [-0.25, -0.2) is 4.98 Å². The standard InChI is InChI=1S/C5H7ClN2S/c1-8(2)5-7-4(6)3-9-5/h3H,1-2H3. The molecule has 0 radical (unpaired) electrons. The van der Waals surface area contributed by atoms with Crippen LogP contribution in [0, 0.1) is 0 Å². The van der Waals surface area contributed by atoms with Gasteiger partial charge >= 0.3 is 0 Å². The van der Waals surface area contributed by atoms with Crippen LogP contribution in [0.15, 0.2) is 5.38 Å². The highest BCUT2D eigenvalue weighted by molar-refractivity contribution is 7.14. The first-order valence-corrected chi connectivity index (χ1v) is 3.74. The molecule has 9 heavy (non-hydrogen) atoms. The van der Waals surface area contributed by atoms with Crippen molar-refractivity contribution >= 4 is 28.1 Å². The van der Waals surface area contributed by atoms with Crippen LogP contribution >= 0.6 is 22.9 Å². The summed E-state index contributed by atoms with van der Waals surface area (Å²) in [6, 6.07) is 0. The highest BCUT2D eigenvalue weighted by Crippen LogP contribution is 2.20. The van der Waals surface area contributed by atoms with E-state index in [0.29, 0.717) is 5.15 Å². The Hall–Kier alpha value is -0.280. The molecule has 0 atom stereocenters. The maximum absolute atomic E-state index is 5.58. The Morgan fingerprint density at radius 2 is 2.33 bits per heavy atom. The van der Waals surface area contributed by atoms with Gasteiger partial charge in [-0.05, 0) is 0 Å². The van der Waals surface area contributed by atoms with Crippen LogP contribution in [0.3, 0.4) is 0 Å². The van der Waals surface area contributed by atoms with Crippen LogP contribution in [-0.4, -0.2) is 19.1 Å². The van der Waals surface area contributed by atoms with Crippen LogP contribution in [0.5, 0.6) is 0 Å². The molecule has 0 fully saturated rings. The molecule has 0 amide bonds. The summed E-state index contributed by atoms with van der Waals surface area (Å²) in [6.45, 7) is 0. The highest BCUT2D eigenvalue weighted by Gasteiger charge is 1.98. The van der Waals surface area contributed by atoms with E-state index in [-0.39, 0.29) is 0 Å². The monoisotopic (exact) mass is 162 g/mol. The quantitative estimate of drug-likeness (QED) is 0.627. The molecule has 1 aromatic rings. The van der Waals surface area contributed by atoms with E-state index in [0.717, 1.165) is 5.13 Å². The second-order valence-electron chi connectivity index (χ2n) is 1.85. The average Bonchev–Trinajstić information content (AvgIpc) is 2.14. The number of aromatic nitrogens is 1. The maximum atomic E-state index is 5.58. The van der Waals surface area contributed by atoms with Gasteiger partial charge in [0.05, 0.1) is 0 Å². The number of halogens is 1. The second kappa shape index (κ2) is 2.54. The normalized spacial score (nSPS) is 9.67. The summed E-state index contributed by atoms with van der Waals surface area (Å²) in [5.74, 6) is 0. The third kappa shape index (κ3) is 1.56. The minimum Gasteiger partial charge on any atom is -0.354 e. The molecule has 2 nitrogen and oxygen atoms in total. The van der Waals surface area contributed by atoms with Gasteiger partial charge in [-0.2, -0.15) is 0 Å². The number of hydrogen-bond acceptors (Lipinski definition) is 3. The summed E-state index contributed by atoms with van der Waals surface area (Å²) in [5, 5.41) is 3.33. The predicted octanol–water partition coefficient (Wildman–Crippen LogP) is 1.86. The molecule has 0 aliphatic heterocycles. The van der Waals surface area contributed by atoms with Crippen LogP contribution in [0.25, 0.3) is 0 Å². The molecule has 1 heterocycles. The molecule has 0 N–H and O–H groups in total. The van der Waals surface area contributed by atoms with Crippen LogP contribution in [0.2, 0.25) is 5.15 Å². The molecular weight excluding hydrogens is 156 g/mol. The van der Waals surface area contributed by atoms with E-state index in [9.17, 15) is 0 Å². The lowest BCUT2D eigenvalue weighted by molar-refractivity contribution is 1.10. The first kappa shape index (κ1) is 6.83. The number of thiazole rings is 1. The van der Waals surface area contributed by atoms with E-state index in [1.54, 1.807) is 11.3 Å². The number of rotatable bonds is 1. The number of hydrogen-bond donors (Lipinski definition) is 0. The Morgan fingerprint density at radius 3 is 2.56 bits per heavy atom. The Morgan fingerprint density at radius 1 is 1.67 bits per heavy atom. The third-order valence-electron chi connectivity index (χ3n) is 0.847. The fraction of sp³-hybridized carbons (Fsp3) is 0.400. The van der Waals surface area contributed by atoms with E-state index < -0.39 is 0 Å². The summed E-state index contributed by atoms with van der Waals surface area (Å²) < 4.78 is 0. The van der Waals surface area contributed by atoms with Crippen LogP contribution < -0.4 is 4.90 Å². The molecule has 0 saturated heterocycles. The summed E-state index contributed by atoms with van der Waals surface area (Å²) in [7, 11) is 3.88. The van der Waals surface area contributed by atoms with Gasteiger partial charge in [-0.15, -0.1) is 11.3 Å². The fourth-order valence-corrected chi connectivity index (χ4v) is 1.33. The van der Waals surface area contributed by atoms with Crippen molar-refractivity contribution in [3.05, 3.63) is 10.5 Å². The van der Waals surface area contributed by atoms with Crippen molar-refractivity contribution in [1.82, 2.24) is 4.98 Å². The molecule has 0 aliphatic carbocycles. The zero-order valence-corrected chi connectivity index (χ0v) is 6.83. The van der Waals surface area contributed by atoms with E-state index in [4.69, 9.17) is 11.6 Å². The van der Waals surface area contributed by atoms with Crippen molar-refractivity contribution in [1.29, 1.82) is 0 Å². The van der Waals surface area contributed by atoms with Crippen LogP contribution in [0.4, 0.5) is 5.13 Å². The summed E-state index contributed by atoms with van der Waals surface area (Å²) in [5.41, 5.74) is 0. The first-order chi connectivity index (χ1) is 4.20. The Balaban J connectivity index is 2.85. The lowest BCUT2D eigenvalue weighted by Crippen LogP contribution is -2.07. The molecule has 1 aromatic heterocycles. The number of anilines is 1.